The summed E-state index contributed by atoms with van der Waals surface area (Å²) in [6.07, 6.45) is 0.711. The first-order valence-corrected chi connectivity index (χ1v) is 8.82. The summed E-state index contributed by atoms with van der Waals surface area (Å²) in [6, 6.07) is 4.21. The zero-order valence-electron chi connectivity index (χ0n) is 16.3. The quantitative estimate of drug-likeness (QED) is 0.590. The van der Waals surface area contributed by atoms with Crippen LogP contribution >= 0.6 is 0 Å². The SMILES string of the molecule is CC[C@H](C)[C@H](NC(=O)COc1ccc2c(C)cc(=O)oc2c1C)C(=O)OC. The number of hydrogen-bond donors (Lipinski definition) is 1. The maximum Gasteiger partial charge on any atom is 0.336 e. The Morgan fingerprint density at radius 1 is 1.26 bits per heavy atom. The number of rotatable bonds is 7. The van der Waals surface area contributed by atoms with Crippen molar-refractivity contribution in [1.29, 1.82) is 0 Å². The molecule has 146 valence electrons. The van der Waals surface area contributed by atoms with E-state index in [2.05, 4.69) is 5.32 Å². The van der Waals surface area contributed by atoms with Crippen molar-refractivity contribution < 1.29 is 23.5 Å². The van der Waals surface area contributed by atoms with Gasteiger partial charge in [-0.2, -0.15) is 0 Å². The number of amides is 1. The van der Waals surface area contributed by atoms with Crippen molar-refractivity contribution in [3.63, 3.8) is 0 Å². The van der Waals surface area contributed by atoms with Gasteiger partial charge in [0.25, 0.3) is 5.91 Å². The molecule has 0 saturated heterocycles. The van der Waals surface area contributed by atoms with Gasteiger partial charge in [-0.05, 0) is 37.5 Å². The molecule has 7 heteroatoms. The van der Waals surface area contributed by atoms with Gasteiger partial charge in [-0.3, -0.25) is 4.79 Å². The Morgan fingerprint density at radius 3 is 2.59 bits per heavy atom. The Balaban J connectivity index is 2.14. The fraction of sp³-hybridized carbons (Fsp3) is 0.450. The number of fused-ring (bicyclic) bond motifs is 1. The molecular weight excluding hydrogens is 350 g/mol. The summed E-state index contributed by atoms with van der Waals surface area (Å²) in [5.74, 6) is -0.557. The maximum absolute atomic E-state index is 12.2. The molecule has 1 aromatic carbocycles. The van der Waals surface area contributed by atoms with Gasteiger partial charge in [0.15, 0.2) is 6.61 Å². The molecule has 2 atom stereocenters. The van der Waals surface area contributed by atoms with Crippen LogP contribution in [0, 0.1) is 19.8 Å². The first-order valence-electron chi connectivity index (χ1n) is 8.82. The molecule has 2 rings (SSSR count). The van der Waals surface area contributed by atoms with Crippen molar-refractivity contribution in [2.75, 3.05) is 13.7 Å². The van der Waals surface area contributed by atoms with E-state index in [9.17, 15) is 14.4 Å². The molecule has 7 nitrogen and oxygen atoms in total. The van der Waals surface area contributed by atoms with Crippen LogP contribution in [0.2, 0.25) is 0 Å². The van der Waals surface area contributed by atoms with E-state index in [1.807, 2.05) is 20.8 Å². The fourth-order valence-electron chi connectivity index (χ4n) is 2.81. The zero-order chi connectivity index (χ0) is 20.1. The summed E-state index contributed by atoms with van der Waals surface area (Å²) in [5, 5.41) is 3.46. The minimum Gasteiger partial charge on any atom is -0.483 e. The van der Waals surface area contributed by atoms with Gasteiger partial charge in [0.2, 0.25) is 0 Å². The predicted molar refractivity (Wildman–Crippen MR) is 101 cm³/mol. The molecule has 1 amide bonds. The lowest BCUT2D eigenvalue weighted by Crippen LogP contribution is -2.47. The Kier molecular flexibility index (Phi) is 6.60. The van der Waals surface area contributed by atoms with E-state index in [1.165, 1.54) is 13.2 Å². The maximum atomic E-state index is 12.2. The van der Waals surface area contributed by atoms with Crippen LogP contribution in [0.5, 0.6) is 5.75 Å². The van der Waals surface area contributed by atoms with E-state index in [1.54, 1.807) is 19.1 Å². The Morgan fingerprint density at radius 2 is 1.96 bits per heavy atom. The van der Waals surface area contributed by atoms with Gasteiger partial charge in [0, 0.05) is 17.0 Å². The second-order valence-corrected chi connectivity index (χ2v) is 6.56. The van der Waals surface area contributed by atoms with E-state index < -0.39 is 23.5 Å². The molecular formula is C20H25NO6. The topological polar surface area (TPSA) is 94.8 Å². The molecule has 0 radical (unpaired) electrons. The molecule has 1 heterocycles. The molecule has 0 spiro atoms. The zero-order valence-corrected chi connectivity index (χ0v) is 16.3. The number of nitrogens with one attached hydrogen (secondary N) is 1. The van der Waals surface area contributed by atoms with Crippen LogP contribution in [0.1, 0.15) is 31.4 Å². The van der Waals surface area contributed by atoms with Gasteiger partial charge in [0.05, 0.1) is 7.11 Å². The molecule has 1 aromatic heterocycles. The third kappa shape index (κ3) is 4.67. The first kappa shape index (κ1) is 20.5. The van der Waals surface area contributed by atoms with Crippen LogP contribution in [-0.4, -0.2) is 31.6 Å². The van der Waals surface area contributed by atoms with Crippen molar-refractivity contribution in [2.24, 2.45) is 5.92 Å². The first-order chi connectivity index (χ1) is 12.8. The highest BCUT2D eigenvalue weighted by molar-refractivity contribution is 5.86. The molecule has 0 aliphatic heterocycles. The minimum absolute atomic E-state index is 0.0685. The van der Waals surface area contributed by atoms with Crippen molar-refractivity contribution in [2.45, 2.75) is 40.2 Å². The molecule has 1 N–H and O–H groups in total. The van der Waals surface area contributed by atoms with Crippen molar-refractivity contribution in [3.05, 3.63) is 39.7 Å². The van der Waals surface area contributed by atoms with Gasteiger partial charge < -0.3 is 19.2 Å². The van der Waals surface area contributed by atoms with E-state index in [4.69, 9.17) is 13.9 Å². The number of esters is 1. The summed E-state index contributed by atoms with van der Waals surface area (Å²) in [7, 11) is 1.29. The molecule has 0 bridgehead atoms. The molecule has 27 heavy (non-hydrogen) atoms. The highest BCUT2D eigenvalue weighted by Gasteiger charge is 2.26. The van der Waals surface area contributed by atoms with E-state index >= 15 is 0 Å². The highest BCUT2D eigenvalue weighted by atomic mass is 16.5. The Bertz CT molecular complexity index is 901. The molecule has 0 aliphatic carbocycles. The van der Waals surface area contributed by atoms with Gasteiger partial charge >= 0.3 is 11.6 Å². The summed E-state index contributed by atoms with van der Waals surface area (Å²) in [6.45, 7) is 7.10. The van der Waals surface area contributed by atoms with Crippen molar-refractivity contribution >= 4 is 22.8 Å². The number of aryl methyl sites for hydroxylation is 2. The second-order valence-electron chi connectivity index (χ2n) is 6.56. The van der Waals surface area contributed by atoms with Gasteiger partial charge in [-0.15, -0.1) is 0 Å². The lowest BCUT2D eigenvalue weighted by molar-refractivity contribution is -0.146. The number of methoxy groups -OCH3 is 1. The van der Waals surface area contributed by atoms with E-state index in [0.29, 0.717) is 23.3 Å². The number of ether oxygens (including phenoxy) is 2. The normalized spacial score (nSPS) is 13.1. The molecule has 0 fully saturated rings. The third-order valence-electron chi connectivity index (χ3n) is 4.66. The molecule has 0 unspecified atom stereocenters. The van der Waals surface area contributed by atoms with Gasteiger partial charge in [0.1, 0.15) is 17.4 Å². The molecule has 2 aromatic rings. The summed E-state index contributed by atoms with van der Waals surface area (Å²) < 4.78 is 15.6. The fourth-order valence-corrected chi connectivity index (χ4v) is 2.81. The van der Waals surface area contributed by atoms with Crippen LogP contribution < -0.4 is 15.7 Å². The third-order valence-corrected chi connectivity index (χ3v) is 4.66. The van der Waals surface area contributed by atoms with E-state index in [-0.39, 0.29) is 12.5 Å². The van der Waals surface area contributed by atoms with Crippen LogP contribution in [-0.2, 0) is 14.3 Å². The number of benzene rings is 1. The monoisotopic (exact) mass is 375 g/mol. The number of carbonyl (C=O) groups excluding carboxylic acids is 2. The highest BCUT2D eigenvalue weighted by Crippen LogP contribution is 2.28. The van der Waals surface area contributed by atoms with Gasteiger partial charge in [-0.25, -0.2) is 9.59 Å². The lowest BCUT2D eigenvalue weighted by atomic mass is 9.99. The van der Waals surface area contributed by atoms with Crippen LogP contribution in [0.3, 0.4) is 0 Å². The number of hydrogen-bond acceptors (Lipinski definition) is 6. The molecule has 0 saturated carbocycles. The van der Waals surface area contributed by atoms with Crippen LogP contribution in [0.4, 0.5) is 0 Å². The average molecular weight is 375 g/mol. The van der Waals surface area contributed by atoms with Crippen LogP contribution in [0.15, 0.2) is 27.4 Å². The minimum atomic E-state index is -0.727. The van der Waals surface area contributed by atoms with Gasteiger partial charge in [-0.1, -0.05) is 20.3 Å². The molecule has 0 aliphatic rings. The second kappa shape index (κ2) is 8.70. The average Bonchev–Trinajstić information content (AvgIpc) is 2.64. The summed E-state index contributed by atoms with van der Waals surface area (Å²) >= 11 is 0. The smallest absolute Gasteiger partial charge is 0.336 e. The standard InChI is InChI=1S/C20H25NO6/c1-6-11(2)18(20(24)25-5)21-16(22)10-26-15-8-7-14-12(3)9-17(23)27-19(14)13(15)4/h7-9,11,18H,6,10H2,1-5H3,(H,21,22)/t11-,18-/m0/s1. The predicted octanol–water partition coefficient (Wildman–Crippen LogP) is 2.49. The van der Waals surface area contributed by atoms with Crippen LogP contribution in [0.25, 0.3) is 11.0 Å². The lowest BCUT2D eigenvalue weighted by Gasteiger charge is -2.22. The summed E-state index contributed by atoms with van der Waals surface area (Å²) in [4.78, 5) is 35.7. The number of carbonyl (C=O) groups is 2. The van der Waals surface area contributed by atoms with E-state index in [0.717, 1.165) is 10.9 Å². The summed E-state index contributed by atoms with van der Waals surface area (Å²) in [5.41, 5.74) is 1.44. The Labute approximate surface area is 157 Å². The largest absolute Gasteiger partial charge is 0.483 e. The Hall–Kier alpha value is -2.83. The van der Waals surface area contributed by atoms with Crippen molar-refractivity contribution in [1.82, 2.24) is 5.32 Å². The van der Waals surface area contributed by atoms with Crippen molar-refractivity contribution in [3.8, 4) is 5.75 Å².